The highest BCUT2D eigenvalue weighted by atomic mass is 16.5. The molecule has 1 N–H and O–H groups in total. The summed E-state index contributed by atoms with van der Waals surface area (Å²) in [5.74, 6) is 0.642. The van der Waals surface area contributed by atoms with E-state index in [1.54, 1.807) is 0 Å². The fourth-order valence-corrected chi connectivity index (χ4v) is 3.33. The molecule has 0 unspecified atom stereocenters. The second kappa shape index (κ2) is 9.41. The molecule has 3 aromatic rings. The van der Waals surface area contributed by atoms with Gasteiger partial charge in [0.25, 0.3) is 0 Å². The van der Waals surface area contributed by atoms with Crippen LogP contribution in [-0.2, 0) is 11.3 Å². The third-order valence-electron chi connectivity index (χ3n) is 4.95. The monoisotopic (exact) mass is 387 g/mol. The first-order valence-electron chi connectivity index (χ1n) is 9.87. The van der Waals surface area contributed by atoms with Crippen LogP contribution in [0.4, 0.5) is 5.82 Å². The van der Waals surface area contributed by atoms with Gasteiger partial charge in [0.1, 0.15) is 0 Å². The largest absolute Gasteiger partial charge is 0.379 e. The Morgan fingerprint density at radius 1 is 1.00 bits per heavy atom. The van der Waals surface area contributed by atoms with Gasteiger partial charge in [-0.15, -0.1) is 10.2 Å². The summed E-state index contributed by atoms with van der Waals surface area (Å²) in [4.78, 5) is 2.38. The van der Waals surface area contributed by atoms with E-state index in [0.29, 0.717) is 5.82 Å². The van der Waals surface area contributed by atoms with E-state index >= 15 is 0 Å². The number of aromatic nitrogens is 2. The predicted octanol–water partition coefficient (Wildman–Crippen LogP) is 3.81. The van der Waals surface area contributed by atoms with Crippen LogP contribution in [0.1, 0.15) is 18.1 Å². The van der Waals surface area contributed by atoms with Crippen LogP contribution < -0.4 is 5.43 Å². The molecule has 1 fully saturated rings. The van der Waals surface area contributed by atoms with Gasteiger partial charge in [0.05, 0.1) is 24.6 Å². The van der Waals surface area contributed by atoms with Gasteiger partial charge in [-0.1, -0.05) is 60.7 Å². The molecular weight excluding hydrogens is 362 g/mol. The number of benzene rings is 2. The van der Waals surface area contributed by atoms with Crippen LogP contribution in [0.25, 0.3) is 11.3 Å². The normalized spacial score (nSPS) is 15.3. The van der Waals surface area contributed by atoms with Crippen molar-refractivity contribution in [2.75, 3.05) is 31.7 Å². The molecule has 148 valence electrons. The second-order valence-electron chi connectivity index (χ2n) is 7.03. The Hall–Kier alpha value is -3.09. The van der Waals surface area contributed by atoms with E-state index in [2.05, 4.69) is 37.8 Å². The van der Waals surface area contributed by atoms with Crippen molar-refractivity contribution in [1.29, 1.82) is 0 Å². The first-order chi connectivity index (χ1) is 14.3. The first kappa shape index (κ1) is 19.2. The number of rotatable bonds is 6. The lowest BCUT2D eigenvalue weighted by atomic mass is 10.1. The maximum absolute atomic E-state index is 5.48. The van der Waals surface area contributed by atoms with E-state index in [4.69, 9.17) is 4.74 Å². The molecule has 0 atom stereocenters. The fraction of sp³-hybridized carbons (Fsp3) is 0.261. The van der Waals surface area contributed by atoms with Crippen molar-refractivity contribution in [2.24, 2.45) is 5.10 Å². The standard InChI is InChI=1S/C23H25N5O/c1-18(19-8-4-2-5-9-19)24-25-22-16-21(17-28-12-14-29-15-13-28)23(27-26-22)20-10-6-3-7-11-20/h2-11,16H,12-15,17H2,1H3,(H,25,26)/b24-18-. The van der Waals surface area contributed by atoms with Gasteiger partial charge >= 0.3 is 0 Å². The van der Waals surface area contributed by atoms with Gasteiger partial charge in [0.15, 0.2) is 5.82 Å². The highest BCUT2D eigenvalue weighted by Crippen LogP contribution is 2.24. The van der Waals surface area contributed by atoms with E-state index in [-0.39, 0.29) is 0 Å². The van der Waals surface area contributed by atoms with Crippen LogP contribution in [0.5, 0.6) is 0 Å². The molecule has 0 spiro atoms. The van der Waals surface area contributed by atoms with Crippen LogP contribution >= 0.6 is 0 Å². The molecule has 2 aromatic carbocycles. The summed E-state index contributed by atoms with van der Waals surface area (Å²) in [7, 11) is 0. The number of ether oxygens (including phenoxy) is 1. The molecule has 0 saturated carbocycles. The first-order valence-corrected chi connectivity index (χ1v) is 9.87. The summed E-state index contributed by atoms with van der Waals surface area (Å²) in [6.45, 7) is 6.16. The van der Waals surface area contributed by atoms with Gasteiger partial charge in [-0.3, -0.25) is 10.3 Å². The smallest absolute Gasteiger partial charge is 0.169 e. The van der Waals surface area contributed by atoms with Gasteiger partial charge < -0.3 is 4.74 Å². The summed E-state index contributed by atoms with van der Waals surface area (Å²) in [5.41, 5.74) is 8.14. The molecular formula is C23H25N5O. The number of hydrogen-bond donors (Lipinski definition) is 1. The molecule has 6 heteroatoms. The van der Waals surface area contributed by atoms with E-state index in [1.165, 1.54) is 0 Å². The third kappa shape index (κ3) is 5.04. The van der Waals surface area contributed by atoms with Gasteiger partial charge in [0, 0.05) is 25.2 Å². The lowest BCUT2D eigenvalue weighted by molar-refractivity contribution is 0.0342. The van der Waals surface area contributed by atoms with Crippen molar-refractivity contribution < 1.29 is 4.74 Å². The fourth-order valence-electron chi connectivity index (χ4n) is 3.33. The molecule has 29 heavy (non-hydrogen) atoms. The summed E-state index contributed by atoms with van der Waals surface area (Å²) >= 11 is 0. The highest BCUT2D eigenvalue weighted by Gasteiger charge is 2.16. The van der Waals surface area contributed by atoms with Crippen molar-refractivity contribution >= 4 is 11.5 Å². The molecule has 0 bridgehead atoms. The molecule has 1 aromatic heterocycles. The van der Waals surface area contributed by atoms with E-state index in [0.717, 1.165) is 60.9 Å². The van der Waals surface area contributed by atoms with Gasteiger partial charge in [-0.25, -0.2) is 0 Å². The van der Waals surface area contributed by atoms with Gasteiger partial charge in [0.2, 0.25) is 0 Å². The molecule has 0 aliphatic carbocycles. The minimum absolute atomic E-state index is 0.642. The summed E-state index contributed by atoms with van der Waals surface area (Å²) in [6.07, 6.45) is 0. The van der Waals surface area contributed by atoms with Crippen LogP contribution in [0.2, 0.25) is 0 Å². The molecule has 1 saturated heterocycles. The van der Waals surface area contributed by atoms with Crippen LogP contribution in [0.3, 0.4) is 0 Å². The number of hydrogen-bond acceptors (Lipinski definition) is 6. The minimum Gasteiger partial charge on any atom is -0.379 e. The number of nitrogens with one attached hydrogen (secondary N) is 1. The maximum atomic E-state index is 5.48. The molecule has 1 aliphatic heterocycles. The van der Waals surface area contributed by atoms with Gasteiger partial charge in [-0.2, -0.15) is 5.10 Å². The summed E-state index contributed by atoms with van der Waals surface area (Å²) < 4.78 is 5.48. The average molecular weight is 387 g/mol. The molecule has 6 nitrogen and oxygen atoms in total. The molecule has 4 rings (SSSR count). The van der Waals surface area contributed by atoms with Crippen molar-refractivity contribution in [3.63, 3.8) is 0 Å². The Morgan fingerprint density at radius 2 is 1.69 bits per heavy atom. The van der Waals surface area contributed by atoms with Crippen LogP contribution in [-0.4, -0.2) is 47.1 Å². The Balaban J connectivity index is 1.59. The molecule has 0 radical (unpaired) electrons. The Bertz CT molecular complexity index is 954. The number of anilines is 1. The zero-order valence-electron chi connectivity index (χ0n) is 16.6. The quantitative estimate of drug-likeness (QED) is 0.515. The van der Waals surface area contributed by atoms with Gasteiger partial charge in [-0.05, 0) is 24.1 Å². The number of morpholine rings is 1. The number of nitrogens with zero attached hydrogens (tertiary/aromatic N) is 4. The summed E-state index contributed by atoms with van der Waals surface area (Å²) in [6, 6.07) is 22.3. The Kier molecular flexibility index (Phi) is 6.24. The summed E-state index contributed by atoms with van der Waals surface area (Å²) in [5, 5.41) is 13.4. The Morgan fingerprint density at radius 3 is 2.41 bits per heavy atom. The van der Waals surface area contributed by atoms with Crippen molar-refractivity contribution in [3.8, 4) is 11.3 Å². The predicted molar refractivity (Wildman–Crippen MR) is 116 cm³/mol. The Labute approximate surface area is 171 Å². The zero-order chi connectivity index (χ0) is 19.9. The lowest BCUT2D eigenvalue weighted by Crippen LogP contribution is -2.35. The van der Waals surface area contributed by atoms with E-state index in [9.17, 15) is 0 Å². The average Bonchev–Trinajstić information content (AvgIpc) is 2.79. The maximum Gasteiger partial charge on any atom is 0.169 e. The van der Waals surface area contributed by atoms with E-state index < -0.39 is 0 Å². The van der Waals surface area contributed by atoms with Crippen molar-refractivity contribution in [3.05, 3.63) is 77.9 Å². The van der Waals surface area contributed by atoms with Crippen molar-refractivity contribution in [1.82, 2.24) is 15.1 Å². The molecule has 2 heterocycles. The van der Waals surface area contributed by atoms with Crippen LogP contribution in [0, 0.1) is 0 Å². The highest BCUT2D eigenvalue weighted by molar-refractivity contribution is 5.98. The lowest BCUT2D eigenvalue weighted by Gasteiger charge is -2.27. The van der Waals surface area contributed by atoms with Crippen molar-refractivity contribution in [2.45, 2.75) is 13.5 Å². The zero-order valence-corrected chi connectivity index (χ0v) is 16.6. The minimum atomic E-state index is 0.642. The topological polar surface area (TPSA) is 62.6 Å². The third-order valence-corrected chi connectivity index (χ3v) is 4.95. The van der Waals surface area contributed by atoms with Crippen LogP contribution in [0.15, 0.2) is 71.8 Å². The molecule has 1 aliphatic rings. The SMILES string of the molecule is C/C(=N/Nc1cc(CN2CCOCC2)c(-c2ccccc2)nn1)c1ccccc1. The molecule has 0 amide bonds. The number of hydrazone groups is 1. The second-order valence-corrected chi connectivity index (χ2v) is 7.03. The van der Waals surface area contributed by atoms with E-state index in [1.807, 2.05) is 61.5 Å².